The third kappa shape index (κ3) is 2.56. The Morgan fingerprint density at radius 3 is 2.10 bits per heavy atom. The van der Waals surface area contributed by atoms with Gasteiger partial charge < -0.3 is 10.2 Å². The Bertz CT molecular complexity index is 758. The van der Waals surface area contributed by atoms with Gasteiger partial charge in [0, 0.05) is 26.1 Å². The van der Waals surface area contributed by atoms with Crippen molar-refractivity contribution in [1.29, 1.82) is 0 Å². The summed E-state index contributed by atoms with van der Waals surface area (Å²) >= 11 is 0. The summed E-state index contributed by atoms with van der Waals surface area (Å²) in [5.74, 6) is 0. The van der Waals surface area contributed by atoms with Crippen LogP contribution < -0.4 is 10.2 Å². The molecule has 0 unspecified atom stereocenters. The van der Waals surface area contributed by atoms with Crippen molar-refractivity contribution < 1.29 is 8.22 Å². The van der Waals surface area contributed by atoms with Gasteiger partial charge in [0.2, 0.25) is 0 Å². The van der Waals surface area contributed by atoms with Crippen molar-refractivity contribution in [2.45, 2.75) is 19.2 Å². The zero-order valence-electron chi connectivity index (χ0n) is 17.5. The van der Waals surface area contributed by atoms with E-state index >= 15 is 0 Å². The zero-order valence-corrected chi connectivity index (χ0v) is 11.5. The number of aryl methyl sites for hydroxylation is 2. The molecule has 0 aromatic heterocycles. The van der Waals surface area contributed by atoms with E-state index in [0.717, 1.165) is 11.1 Å². The van der Waals surface area contributed by atoms with Crippen LogP contribution in [0.1, 0.15) is 25.7 Å². The van der Waals surface area contributed by atoms with Crippen LogP contribution in [0.3, 0.4) is 0 Å². The molecule has 1 aliphatic rings. The summed E-state index contributed by atoms with van der Waals surface area (Å²) in [7, 11) is 1.29. The molecule has 0 bridgehead atoms. The second kappa shape index (κ2) is 6.10. The normalized spacial score (nSPS) is 20.1. The third-order valence-corrected chi connectivity index (χ3v) is 3.48. The monoisotopic (exact) mass is 272 g/mol. The molecule has 0 amide bonds. The number of para-hydroxylation sites is 2. The van der Waals surface area contributed by atoms with Gasteiger partial charge >= 0.3 is 0 Å². The topological polar surface area (TPSA) is 15.3 Å². The molecule has 2 heteroatoms. The fraction of sp³-hybridized carbons (Fsp3) is 0.333. The van der Waals surface area contributed by atoms with Crippen LogP contribution in [-0.4, -0.2) is 20.0 Å². The first-order valence-electron chi connectivity index (χ1n) is 9.78. The SMILES string of the molecule is [2H]C([2H])(NC)C([2H])([2H])C([2H])([2H])N1c2ccccc2CCc2ccccc21. The van der Waals surface area contributed by atoms with Gasteiger partial charge in [0.25, 0.3) is 0 Å². The molecular formula is C18H22N2. The van der Waals surface area contributed by atoms with Crippen LogP contribution in [0.5, 0.6) is 0 Å². The second-order valence-corrected chi connectivity index (χ2v) is 4.70. The molecule has 0 aliphatic carbocycles. The maximum absolute atomic E-state index is 8.68. The summed E-state index contributed by atoms with van der Waals surface area (Å²) in [4.78, 5) is 1.32. The lowest BCUT2D eigenvalue weighted by Crippen LogP contribution is -2.22. The highest BCUT2D eigenvalue weighted by atomic mass is 15.1. The fourth-order valence-corrected chi connectivity index (χ4v) is 2.55. The largest absolute Gasteiger partial charge is 0.341 e. The number of rotatable bonds is 4. The summed E-state index contributed by atoms with van der Waals surface area (Å²) in [6.45, 7) is -5.21. The fourth-order valence-electron chi connectivity index (χ4n) is 2.55. The zero-order chi connectivity index (χ0) is 19.2. The van der Waals surface area contributed by atoms with Crippen LogP contribution in [0.15, 0.2) is 48.5 Å². The molecule has 1 aliphatic heterocycles. The van der Waals surface area contributed by atoms with Gasteiger partial charge in [0.15, 0.2) is 0 Å². The molecule has 104 valence electrons. The highest BCUT2D eigenvalue weighted by Gasteiger charge is 2.19. The average molecular weight is 272 g/mol. The predicted octanol–water partition coefficient (Wildman–Crippen LogP) is 3.53. The van der Waals surface area contributed by atoms with Gasteiger partial charge in [-0.3, -0.25) is 0 Å². The van der Waals surface area contributed by atoms with E-state index in [1.54, 1.807) is 24.3 Å². The minimum Gasteiger partial charge on any atom is -0.341 e. The number of nitrogens with zero attached hydrogens (tertiary/aromatic N) is 1. The van der Waals surface area contributed by atoms with E-state index in [-0.39, 0.29) is 0 Å². The van der Waals surface area contributed by atoms with Crippen molar-refractivity contribution in [1.82, 2.24) is 5.32 Å². The van der Waals surface area contributed by atoms with E-state index in [9.17, 15) is 0 Å². The first-order chi connectivity index (χ1) is 12.1. The third-order valence-electron chi connectivity index (χ3n) is 3.48. The molecule has 3 rings (SSSR count). The first kappa shape index (κ1) is 7.84. The van der Waals surface area contributed by atoms with Crippen LogP contribution in [0.4, 0.5) is 11.4 Å². The Morgan fingerprint density at radius 1 is 1.00 bits per heavy atom. The van der Waals surface area contributed by atoms with Crippen molar-refractivity contribution in [3.8, 4) is 0 Å². The first-order valence-corrected chi connectivity index (χ1v) is 6.78. The average Bonchev–Trinajstić information content (AvgIpc) is 2.78. The van der Waals surface area contributed by atoms with E-state index in [0.29, 0.717) is 24.2 Å². The van der Waals surface area contributed by atoms with E-state index in [4.69, 9.17) is 8.22 Å². The molecule has 2 nitrogen and oxygen atoms in total. The van der Waals surface area contributed by atoms with Crippen LogP contribution in [0.25, 0.3) is 0 Å². The summed E-state index contributed by atoms with van der Waals surface area (Å²) < 4.78 is 50.0. The smallest absolute Gasteiger partial charge is 0.0498 e. The van der Waals surface area contributed by atoms with E-state index in [2.05, 4.69) is 5.32 Å². The quantitative estimate of drug-likeness (QED) is 0.916. The van der Waals surface area contributed by atoms with Gasteiger partial charge in [-0.15, -0.1) is 0 Å². The lowest BCUT2D eigenvalue weighted by Gasteiger charge is -2.27. The molecule has 1 heterocycles. The molecule has 0 fully saturated rings. The van der Waals surface area contributed by atoms with E-state index in [1.807, 2.05) is 24.3 Å². The number of fused-ring (bicyclic) bond motifs is 2. The van der Waals surface area contributed by atoms with Crippen molar-refractivity contribution >= 4 is 11.4 Å². The lowest BCUT2D eigenvalue weighted by molar-refractivity contribution is 0.723. The second-order valence-electron chi connectivity index (χ2n) is 4.70. The van der Waals surface area contributed by atoms with Crippen LogP contribution in [-0.2, 0) is 12.8 Å². The molecule has 0 atom stereocenters. The molecule has 0 saturated carbocycles. The Morgan fingerprint density at radius 2 is 1.55 bits per heavy atom. The summed E-state index contributed by atoms with van der Waals surface area (Å²) in [6.07, 6.45) is -1.41. The minimum atomic E-state index is -2.83. The predicted molar refractivity (Wildman–Crippen MR) is 85.8 cm³/mol. The van der Waals surface area contributed by atoms with Gasteiger partial charge in [-0.25, -0.2) is 0 Å². The Kier molecular flexibility index (Phi) is 2.39. The molecule has 2 aromatic carbocycles. The summed E-state index contributed by atoms with van der Waals surface area (Å²) in [5.41, 5.74) is 2.96. The lowest BCUT2D eigenvalue weighted by atomic mass is 10.0. The molecule has 1 N–H and O–H groups in total. The number of anilines is 2. The molecule has 0 radical (unpaired) electrons. The van der Waals surface area contributed by atoms with Crippen molar-refractivity contribution in [3.05, 3.63) is 59.7 Å². The van der Waals surface area contributed by atoms with Crippen molar-refractivity contribution in [2.24, 2.45) is 0 Å². The molecule has 2 aromatic rings. The standard InChI is InChI=1S/C18H22N2/c1-19-13-6-14-20-17-9-4-2-7-15(17)11-12-16-8-3-5-10-18(16)20/h2-5,7-10,19H,6,11-14H2,1H3/i6D2,13D2,14D2. The van der Waals surface area contributed by atoms with Gasteiger partial charge in [0.1, 0.15) is 0 Å². The molecule has 20 heavy (non-hydrogen) atoms. The summed E-state index contributed by atoms with van der Waals surface area (Å²) in [6, 6.07) is 14.7. The maximum Gasteiger partial charge on any atom is 0.0498 e. The Labute approximate surface area is 129 Å². The van der Waals surface area contributed by atoms with Gasteiger partial charge in [-0.1, -0.05) is 36.4 Å². The maximum atomic E-state index is 8.68. The Hall–Kier alpha value is -1.80. The molecular weight excluding hydrogens is 244 g/mol. The number of hydrogen-bond donors (Lipinski definition) is 1. The molecule has 0 saturated heterocycles. The van der Waals surface area contributed by atoms with E-state index < -0.39 is 19.4 Å². The number of hydrogen-bond acceptors (Lipinski definition) is 2. The number of benzene rings is 2. The minimum absolute atomic E-state index is 0.568. The van der Waals surface area contributed by atoms with Crippen LogP contribution in [0, 0.1) is 0 Å². The Balaban J connectivity index is 2.26. The van der Waals surface area contributed by atoms with Crippen molar-refractivity contribution in [2.75, 3.05) is 24.9 Å². The summed E-state index contributed by atoms with van der Waals surface area (Å²) in [5, 5.41) is 2.28. The van der Waals surface area contributed by atoms with Crippen LogP contribution >= 0.6 is 0 Å². The van der Waals surface area contributed by atoms with E-state index in [1.165, 1.54) is 11.9 Å². The van der Waals surface area contributed by atoms with Gasteiger partial charge in [0.05, 0.1) is 0 Å². The van der Waals surface area contributed by atoms with Crippen LogP contribution in [0.2, 0.25) is 0 Å². The van der Waals surface area contributed by atoms with Gasteiger partial charge in [-0.05, 0) is 56.0 Å². The highest BCUT2D eigenvalue weighted by Crippen LogP contribution is 2.35. The van der Waals surface area contributed by atoms with Gasteiger partial charge in [-0.2, -0.15) is 0 Å². The number of nitrogens with one attached hydrogen (secondary N) is 1. The highest BCUT2D eigenvalue weighted by molar-refractivity contribution is 5.71. The van der Waals surface area contributed by atoms with Crippen molar-refractivity contribution in [3.63, 3.8) is 0 Å². The molecule has 0 spiro atoms.